The van der Waals surface area contributed by atoms with Crippen LogP contribution in [0.5, 0.6) is 5.75 Å². The van der Waals surface area contributed by atoms with E-state index in [1.165, 1.54) is 11.1 Å². The van der Waals surface area contributed by atoms with Gasteiger partial charge in [-0.2, -0.15) is 0 Å². The summed E-state index contributed by atoms with van der Waals surface area (Å²) in [5.41, 5.74) is 2.65. The Hall–Kier alpha value is -1.55. The summed E-state index contributed by atoms with van der Waals surface area (Å²) in [6, 6.07) is 19.0. The third kappa shape index (κ3) is 5.87. The van der Waals surface area contributed by atoms with Crippen molar-refractivity contribution in [3.05, 3.63) is 65.7 Å². The molecule has 0 N–H and O–H groups in total. The molecule has 0 aliphatic carbocycles. The van der Waals surface area contributed by atoms with Crippen molar-refractivity contribution in [2.24, 2.45) is 0 Å². The fraction of sp³-hybridized carbons (Fsp3) is 0.368. The van der Waals surface area contributed by atoms with Crippen LogP contribution < -0.4 is 4.74 Å². The first-order chi connectivity index (χ1) is 10.9. The summed E-state index contributed by atoms with van der Waals surface area (Å²) in [5, 5.41) is 0. The Bertz CT molecular complexity index is 553. The van der Waals surface area contributed by atoms with Crippen LogP contribution in [0.1, 0.15) is 11.1 Å². The molecule has 0 spiro atoms. The molecule has 124 valence electrons. The largest absolute Gasteiger partial charge is 0.492 e. The first kappa shape index (κ1) is 17.8. The van der Waals surface area contributed by atoms with Gasteiger partial charge in [-0.05, 0) is 29.7 Å². The maximum atomic E-state index is 5.83. The van der Waals surface area contributed by atoms with Gasteiger partial charge in [-0.1, -0.05) is 42.5 Å². The van der Waals surface area contributed by atoms with Crippen LogP contribution in [-0.2, 0) is 11.2 Å². The smallest absolute Gasteiger partial charge is 0.119 e. The van der Waals surface area contributed by atoms with Gasteiger partial charge < -0.3 is 9.47 Å². The average Bonchev–Trinajstić information content (AvgIpc) is 2.58. The molecule has 0 saturated carbocycles. The summed E-state index contributed by atoms with van der Waals surface area (Å²) in [5.74, 6) is 0.949. The number of hydrogen-bond donors (Lipinski definition) is 0. The van der Waals surface area contributed by atoms with Crippen molar-refractivity contribution in [1.29, 1.82) is 0 Å². The Morgan fingerprint density at radius 3 is 2.22 bits per heavy atom. The normalized spacial score (nSPS) is 15.0. The lowest BCUT2D eigenvalue weighted by molar-refractivity contribution is 0.0322. The average molecular weight is 334 g/mol. The topological polar surface area (TPSA) is 21.7 Å². The van der Waals surface area contributed by atoms with Gasteiger partial charge in [0, 0.05) is 19.6 Å². The summed E-state index contributed by atoms with van der Waals surface area (Å²) in [4.78, 5) is 2.38. The number of ether oxygens (including phenoxy) is 2. The summed E-state index contributed by atoms with van der Waals surface area (Å²) in [6.07, 6.45) is 0.967. The third-order valence-corrected chi connectivity index (χ3v) is 3.95. The van der Waals surface area contributed by atoms with Crippen molar-refractivity contribution in [3.8, 4) is 5.75 Å². The third-order valence-electron chi connectivity index (χ3n) is 3.95. The number of halogens is 1. The maximum Gasteiger partial charge on any atom is 0.119 e. The molecule has 0 unspecified atom stereocenters. The lowest BCUT2D eigenvalue weighted by Gasteiger charge is -2.26. The van der Waals surface area contributed by atoms with Crippen LogP contribution in [0.4, 0.5) is 0 Å². The SMILES string of the molecule is Cl.c1ccc(Cc2ccc(OCCN3CCOCC3)cc2)cc1. The highest BCUT2D eigenvalue weighted by atomic mass is 35.5. The zero-order chi connectivity index (χ0) is 15.0. The van der Waals surface area contributed by atoms with Gasteiger partial charge in [-0.3, -0.25) is 4.90 Å². The lowest BCUT2D eigenvalue weighted by atomic mass is 10.1. The van der Waals surface area contributed by atoms with Gasteiger partial charge in [0.05, 0.1) is 13.2 Å². The molecule has 1 saturated heterocycles. The van der Waals surface area contributed by atoms with Crippen LogP contribution in [0.15, 0.2) is 54.6 Å². The van der Waals surface area contributed by atoms with Crippen LogP contribution >= 0.6 is 12.4 Å². The number of hydrogen-bond acceptors (Lipinski definition) is 3. The molecule has 1 aliphatic rings. The van der Waals surface area contributed by atoms with Gasteiger partial charge in [0.15, 0.2) is 0 Å². The predicted octanol–water partition coefficient (Wildman–Crippen LogP) is 3.41. The van der Waals surface area contributed by atoms with Crippen molar-refractivity contribution >= 4 is 12.4 Å². The molecule has 0 atom stereocenters. The highest BCUT2D eigenvalue weighted by Crippen LogP contribution is 2.15. The predicted molar refractivity (Wildman–Crippen MR) is 95.7 cm³/mol. The zero-order valence-corrected chi connectivity index (χ0v) is 14.1. The number of morpholine rings is 1. The second kappa shape index (κ2) is 9.56. The fourth-order valence-corrected chi connectivity index (χ4v) is 2.65. The molecular formula is C19H24ClNO2. The molecule has 2 aromatic rings. The first-order valence-electron chi connectivity index (χ1n) is 7.96. The van der Waals surface area contributed by atoms with Gasteiger partial charge in [-0.25, -0.2) is 0 Å². The molecule has 2 aromatic carbocycles. The van der Waals surface area contributed by atoms with E-state index in [0.717, 1.165) is 51.6 Å². The molecule has 23 heavy (non-hydrogen) atoms. The van der Waals surface area contributed by atoms with Gasteiger partial charge >= 0.3 is 0 Å². The fourth-order valence-electron chi connectivity index (χ4n) is 2.65. The van der Waals surface area contributed by atoms with Crippen LogP contribution in [0.2, 0.25) is 0 Å². The zero-order valence-electron chi connectivity index (χ0n) is 13.3. The van der Waals surface area contributed by atoms with Crippen molar-refractivity contribution in [3.63, 3.8) is 0 Å². The van der Waals surface area contributed by atoms with E-state index in [-0.39, 0.29) is 12.4 Å². The van der Waals surface area contributed by atoms with Crippen LogP contribution in [0, 0.1) is 0 Å². The van der Waals surface area contributed by atoms with E-state index in [0.29, 0.717) is 0 Å². The number of nitrogens with zero attached hydrogens (tertiary/aromatic N) is 1. The van der Waals surface area contributed by atoms with Crippen LogP contribution in [0.3, 0.4) is 0 Å². The monoisotopic (exact) mass is 333 g/mol. The Morgan fingerprint density at radius 2 is 1.52 bits per heavy atom. The maximum absolute atomic E-state index is 5.83. The standard InChI is InChI=1S/C19H23NO2.ClH/c1-2-4-17(5-3-1)16-18-6-8-19(9-7-18)22-15-12-20-10-13-21-14-11-20;/h1-9H,10-16H2;1H. The Balaban J connectivity index is 0.00000192. The highest BCUT2D eigenvalue weighted by molar-refractivity contribution is 5.85. The number of rotatable bonds is 6. The number of benzene rings is 2. The quantitative estimate of drug-likeness (QED) is 0.808. The van der Waals surface area contributed by atoms with Gasteiger partial charge in [0.2, 0.25) is 0 Å². The molecular weight excluding hydrogens is 310 g/mol. The van der Waals surface area contributed by atoms with E-state index >= 15 is 0 Å². The Labute approximate surface area is 144 Å². The molecule has 0 radical (unpaired) electrons. The van der Waals surface area contributed by atoms with E-state index < -0.39 is 0 Å². The van der Waals surface area contributed by atoms with E-state index in [2.05, 4.69) is 59.5 Å². The van der Waals surface area contributed by atoms with E-state index in [1.807, 2.05) is 0 Å². The minimum Gasteiger partial charge on any atom is -0.492 e. The molecule has 0 bridgehead atoms. The second-order valence-electron chi connectivity index (χ2n) is 5.61. The lowest BCUT2D eigenvalue weighted by Crippen LogP contribution is -2.38. The van der Waals surface area contributed by atoms with Crippen molar-refractivity contribution in [2.75, 3.05) is 39.5 Å². The molecule has 1 heterocycles. The molecule has 1 aliphatic heterocycles. The van der Waals surface area contributed by atoms with Crippen molar-refractivity contribution in [2.45, 2.75) is 6.42 Å². The molecule has 3 nitrogen and oxygen atoms in total. The summed E-state index contributed by atoms with van der Waals surface area (Å²) in [7, 11) is 0. The summed E-state index contributed by atoms with van der Waals surface area (Å²) >= 11 is 0. The molecule has 0 aromatic heterocycles. The first-order valence-corrected chi connectivity index (χ1v) is 7.96. The minimum absolute atomic E-state index is 0. The van der Waals surface area contributed by atoms with Crippen molar-refractivity contribution < 1.29 is 9.47 Å². The van der Waals surface area contributed by atoms with Gasteiger partial charge in [-0.15, -0.1) is 12.4 Å². The van der Waals surface area contributed by atoms with Crippen LogP contribution in [0.25, 0.3) is 0 Å². The molecule has 4 heteroatoms. The summed E-state index contributed by atoms with van der Waals surface area (Å²) in [6.45, 7) is 5.41. The minimum atomic E-state index is 0. The molecule has 0 amide bonds. The van der Waals surface area contributed by atoms with Gasteiger partial charge in [0.1, 0.15) is 12.4 Å². The van der Waals surface area contributed by atoms with Crippen molar-refractivity contribution in [1.82, 2.24) is 4.90 Å². The Morgan fingerprint density at radius 1 is 0.870 bits per heavy atom. The van der Waals surface area contributed by atoms with E-state index in [4.69, 9.17) is 9.47 Å². The van der Waals surface area contributed by atoms with Gasteiger partial charge in [0.25, 0.3) is 0 Å². The summed E-state index contributed by atoms with van der Waals surface area (Å²) < 4.78 is 11.2. The van der Waals surface area contributed by atoms with E-state index in [9.17, 15) is 0 Å². The molecule has 1 fully saturated rings. The van der Waals surface area contributed by atoms with Crippen LogP contribution in [-0.4, -0.2) is 44.4 Å². The molecule has 3 rings (SSSR count). The van der Waals surface area contributed by atoms with E-state index in [1.54, 1.807) is 0 Å². The Kier molecular flexibility index (Phi) is 7.40. The highest BCUT2D eigenvalue weighted by Gasteiger charge is 2.09. The second-order valence-corrected chi connectivity index (χ2v) is 5.61.